The van der Waals surface area contributed by atoms with Gasteiger partial charge in [-0.25, -0.2) is 14.4 Å². The van der Waals surface area contributed by atoms with Crippen LogP contribution >= 0.6 is 0 Å². The van der Waals surface area contributed by atoms with Crippen LogP contribution in [0.15, 0.2) is 12.4 Å². The number of rotatable bonds is 2. The average Bonchev–Trinajstić information content (AvgIpc) is 2.15. The monoisotopic (exact) mass is 223 g/mol. The number of nitrogens with zero attached hydrogens (tertiary/aromatic N) is 3. The second-order valence-corrected chi connectivity index (χ2v) is 4.88. The smallest absolute Gasteiger partial charge is 0.120 e. The van der Waals surface area contributed by atoms with Crippen molar-refractivity contribution in [3.63, 3.8) is 0 Å². The van der Waals surface area contributed by atoms with Crippen LogP contribution in [0.3, 0.4) is 0 Å². The van der Waals surface area contributed by atoms with Crippen LogP contribution < -0.4 is 0 Å². The zero-order valence-corrected chi connectivity index (χ0v) is 9.91. The van der Waals surface area contributed by atoms with Gasteiger partial charge in [-0.3, -0.25) is 4.90 Å². The molecular weight excluding hydrogens is 205 g/mol. The Morgan fingerprint density at radius 3 is 3.00 bits per heavy atom. The molecule has 0 amide bonds. The molecule has 1 aliphatic heterocycles. The molecule has 0 saturated carbocycles. The summed E-state index contributed by atoms with van der Waals surface area (Å²) in [7, 11) is 0. The van der Waals surface area contributed by atoms with Crippen molar-refractivity contribution in [3.05, 3.63) is 23.8 Å². The van der Waals surface area contributed by atoms with E-state index in [0.29, 0.717) is 13.0 Å². The maximum atomic E-state index is 13.8. The summed E-state index contributed by atoms with van der Waals surface area (Å²) in [5, 5.41) is 0. The molecule has 1 aromatic heterocycles. The Bertz CT molecular complexity index is 365. The van der Waals surface area contributed by atoms with Crippen molar-refractivity contribution in [2.24, 2.45) is 0 Å². The van der Waals surface area contributed by atoms with Gasteiger partial charge in [0.25, 0.3) is 0 Å². The Morgan fingerprint density at radius 2 is 2.31 bits per heavy atom. The topological polar surface area (TPSA) is 29.0 Å². The molecule has 0 aromatic carbocycles. The normalized spacial score (nSPS) is 26.9. The first-order valence-corrected chi connectivity index (χ1v) is 5.74. The lowest BCUT2D eigenvalue weighted by molar-refractivity contribution is 0.0556. The molecule has 88 valence electrons. The highest BCUT2D eigenvalue weighted by molar-refractivity contribution is 5.06. The molecule has 1 saturated heterocycles. The zero-order chi connectivity index (χ0) is 11.6. The third-order valence-corrected chi connectivity index (χ3v) is 2.97. The number of aryl methyl sites for hydroxylation is 1. The molecule has 1 atom stereocenters. The molecule has 0 aliphatic carbocycles. The van der Waals surface area contributed by atoms with Crippen molar-refractivity contribution in [3.8, 4) is 0 Å². The maximum absolute atomic E-state index is 13.8. The Morgan fingerprint density at radius 1 is 1.50 bits per heavy atom. The van der Waals surface area contributed by atoms with Gasteiger partial charge in [0.1, 0.15) is 12.0 Å². The lowest BCUT2D eigenvalue weighted by Gasteiger charge is -2.34. The fraction of sp³-hybridized carbons (Fsp3) is 0.667. The van der Waals surface area contributed by atoms with E-state index in [-0.39, 0.29) is 0 Å². The van der Waals surface area contributed by atoms with Crippen LogP contribution in [0.25, 0.3) is 0 Å². The molecule has 1 unspecified atom stereocenters. The fourth-order valence-electron chi connectivity index (χ4n) is 2.26. The van der Waals surface area contributed by atoms with Gasteiger partial charge in [-0.15, -0.1) is 0 Å². The Labute approximate surface area is 95.7 Å². The van der Waals surface area contributed by atoms with Crippen molar-refractivity contribution < 1.29 is 4.39 Å². The number of aromatic nitrogens is 2. The highest BCUT2D eigenvalue weighted by Crippen LogP contribution is 2.25. The van der Waals surface area contributed by atoms with Gasteiger partial charge in [0.05, 0.1) is 5.69 Å². The molecule has 0 N–H and O–H groups in total. The molecule has 1 fully saturated rings. The van der Waals surface area contributed by atoms with Crippen LogP contribution in [0.4, 0.5) is 4.39 Å². The largest absolute Gasteiger partial charge is 0.294 e. The predicted molar refractivity (Wildman–Crippen MR) is 60.8 cm³/mol. The van der Waals surface area contributed by atoms with Crippen molar-refractivity contribution in [2.45, 2.75) is 38.9 Å². The van der Waals surface area contributed by atoms with Crippen LogP contribution in [-0.4, -0.2) is 33.6 Å². The highest BCUT2D eigenvalue weighted by atomic mass is 19.1. The number of likely N-dealkylation sites (tertiary alicyclic amines) is 1. The molecular formula is C12H18FN3. The summed E-state index contributed by atoms with van der Waals surface area (Å²) in [6.45, 7) is 5.83. The van der Waals surface area contributed by atoms with Crippen LogP contribution in [0.5, 0.6) is 0 Å². The molecule has 0 bridgehead atoms. The van der Waals surface area contributed by atoms with E-state index in [2.05, 4.69) is 14.9 Å². The van der Waals surface area contributed by atoms with Crippen LogP contribution in [0, 0.1) is 6.92 Å². The van der Waals surface area contributed by atoms with E-state index in [4.69, 9.17) is 0 Å². The van der Waals surface area contributed by atoms with Gasteiger partial charge >= 0.3 is 0 Å². The number of hydrogen-bond acceptors (Lipinski definition) is 3. The van der Waals surface area contributed by atoms with Gasteiger partial charge in [-0.1, -0.05) is 0 Å². The first-order valence-electron chi connectivity index (χ1n) is 5.74. The Kier molecular flexibility index (Phi) is 3.19. The molecule has 1 aliphatic rings. The van der Waals surface area contributed by atoms with Crippen molar-refractivity contribution >= 4 is 0 Å². The minimum absolute atomic E-state index is 0.510. The molecule has 0 radical (unpaired) electrons. The maximum Gasteiger partial charge on any atom is 0.120 e. The first-order chi connectivity index (χ1) is 7.55. The SMILES string of the molecule is Cc1cc(CN2CCCC(C)(F)C2)ncn1. The number of piperidine rings is 1. The molecule has 1 aromatic rings. The number of alkyl halides is 1. The fourth-order valence-corrected chi connectivity index (χ4v) is 2.26. The lowest BCUT2D eigenvalue weighted by atomic mass is 9.97. The van der Waals surface area contributed by atoms with E-state index < -0.39 is 5.67 Å². The second kappa shape index (κ2) is 4.45. The number of halogens is 1. The van der Waals surface area contributed by atoms with E-state index in [9.17, 15) is 4.39 Å². The summed E-state index contributed by atoms with van der Waals surface area (Å²) < 4.78 is 13.8. The van der Waals surface area contributed by atoms with Gasteiger partial charge in [-0.2, -0.15) is 0 Å². The highest BCUT2D eigenvalue weighted by Gasteiger charge is 2.30. The van der Waals surface area contributed by atoms with Crippen LogP contribution in [0.2, 0.25) is 0 Å². The molecule has 2 rings (SSSR count). The standard InChI is InChI=1S/C12H18FN3/c1-10-6-11(15-9-14-10)7-16-5-3-4-12(2,13)8-16/h6,9H,3-5,7-8H2,1-2H3. The summed E-state index contributed by atoms with van der Waals surface area (Å²) in [6, 6.07) is 1.96. The predicted octanol–water partition coefficient (Wildman–Crippen LogP) is 2.11. The zero-order valence-electron chi connectivity index (χ0n) is 9.91. The lowest BCUT2D eigenvalue weighted by Crippen LogP contribution is -2.42. The van der Waals surface area contributed by atoms with Gasteiger partial charge < -0.3 is 0 Å². The third kappa shape index (κ3) is 2.98. The summed E-state index contributed by atoms with van der Waals surface area (Å²) in [6.07, 6.45) is 3.17. The van der Waals surface area contributed by atoms with E-state index in [0.717, 1.165) is 30.9 Å². The second-order valence-electron chi connectivity index (χ2n) is 4.88. The van der Waals surface area contributed by atoms with Gasteiger partial charge in [0.2, 0.25) is 0 Å². The van der Waals surface area contributed by atoms with E-state index in [1.807, 2.05) is 13.0 Å². The summed E-state index contributed by atoms with van der Waals surface area (Å²) in [4.78, 5) is 10.4. The Balaban J connectivity index is 1.99. The van der Waals surface area contributed by atoms with Crippen molar-refractivity contribution in [1.82, 2.24) is 14.9 Å². The first kappa shape index (κ1) is 11.5. The molecule has 16 heavy (non-hydrogen) atoms. The minimum atomic E-state index is -1.04. The van der Waals surface area contributed by atoms with E-state index >= 15 is 0 Å². The molecule has 2 heterocycles. The van der Waals surface area contributed by atoms with Crippen molar-refractivity contribution in [2.75, 3.05) is 13.1 Å². The van der Waals surface area contributed by atoms with Gasteiger partial charge in [0, 0.05) is 18.8 Å². The van der Waals surface area contributed by atoms with E-state index in [1.165, 1.54) is 0 Å². The van der Waals surface area contributed by atoms with Crippen LogP contribution in [0.1, 0.15) is 31.2 Å². The minimum Gasteiger partial charge on any atom is -0.294 e. The Hall–Kier alpha value is -1.03. The average molecular weight is 223 g/mol. The molecule has 3 nitrogen and oxygen atoms in total. The molecule has 0 spiro atoms. The van der Waals surface area contributed by atoms with Crippen LogP contribution in [-0.2, 0) is 6.54 Å². The summed E-state index contributed by atoms with van der Waals surface area (Å²) >= 11 is 0. The van der Waals surface area contributed by atoms with Crippen molar-refractivity contribution in [1.29, 1.82) is 0 Å². The summed E-state index contributed by atoms with van der Waals surface area (Å²) in [5.74, 6) is 0. The van der Waals surface area contributed by atoms with Gasteiger partial charge in [-0.05, 0) is 39.3 Å². The van der Waals surface area contributed by atoms with Gasteiger partial charge in [0.15, 0.2) is 0 Å². The third-order valence-electron chi connectivity index (χ3n) is 2.97. The molecule has 4 heteroatoms. The summed E-state index contributed by atoms with van der Waals surface area (Å²) in [5.41, 5.74) is 0.899. The van der Waals surface area contributed by atoms with E-state index in [1.54, 1.807) is 13.3 Å². The quantitative estimate of drug-likeness (QED) is 0.769. The number of hydrogen-bond donors (Lipinski definition) is 0.